The number of amides is 3. The summed E-state index contributed by atoms with van der Waals surface area (Å²) in [6.45, 7) is 1.67. The van der Waals surface area contributed by atoms with Gasteiger partial charge in [-0.1, -0.05) is 24.3 Å². The lowest BCUT2D eigenvalue weighted by molar-refractivity contribution is -0.130. The van der Waals surface area contributed by atoms with Crippen molar-refractivity contribution in [2.75, 3.05) is 19.6 Å². The molecule has 2 aliphatic rings. The van der Waals surface area contributed by atoms with Crippen LogP contribution in [0.25, 0.3) is 0 Å². The summed E-state index contributed by atoms with van der Waals surface area (Å²) in [5.41, 5.74) is 2.67. The summed E-state index contributed by atoms with van der Waals surface area (Å²) in [4.78, 5) is 44.7. The number of benzene rings is 1. The zero-order valence-electron chi connectivity index (χ0n) is 16.2. The van der Waals surface area contributed by atoms with Gasteiger partial charge in [-0.2, -0.15) is 0 Å². The van der Waals surface area contributed by atoms with Crippen molar-refractivity contribution < 1.29 is 14.4 Å². The lowest BCUT2D eigenvalue weighted by Gasteiger charge is -2.19. The second kappa shape index (κ2) is 8.43. The van der Waals surface area contributed by atoms with E-state index in [1.807, 2.05) is 30.3 Å². The monoisotopic (exact) mass is 392 g/mol. The van der Waals surface area contributed by atoms with Crippen molar-refractivity contribution >= 4 is 17.7 Å². The number of rotatable bonds is 6. The van der Waals surface area contributed by atoms with Gasteiger partial charge in [-0.3, -0.25) is 19.4 Å². The molecule has 1 aromatic carbocycles. The normalized spacial score (nSPS) is 18.1. The fourth-order valence-corrected chi connectivity index (χ4v) is 3.95. The zero-order valence-corrected chi connectivity index (χ0v) is 16.2. The van der Waals surface area contributed by atoms with Crippen LogP contribution in [0.15, 0.2) is 48.8 Å². The van der Waals surface area contributed by atoms with Crippen LogP contribution in [0.5, 0.6) is 0 Å². The number of nitrogens with one attached hydrogen (secondary N) is 1. The predicted molar refractivity (Wildman–Crippen MR) is 107 cm³/mol. The van der Waals surface area contributed by atoms with E-state index in [9.17, 15) is 14.4 Å². The number of nitrogens with zero attached hydrogens (tertiary/aromatic N) is 3. The number of aromatic nitrogens is 1. The van der Waals surface area contributed by atoms with E-state index >= 15 is 0 Å². The van der Waals surface area contributed by atoms with Crippen LogP contribution in [0.4, 0.5) is 0 Å². The van der Waals surface area contributed by atoms with Gasteiger partial charge in [0, 0.05) is 50.1 Å². The molecule has 2 aliphatic heterocycles. The molecule has 29 heavy (non-hydrogen) atoms. The van der Waals surface area contributed by atoms with Crippen LogP contribution in [0, 0.1) is 0 Å². The molecule has 7 nitrogen and oxygen atoms in total. The summed E-state index contributed by atoms with van der Waals surface area (Å²) < 4.78 is 0. The Morgan fingerprint density at radius 1 is 1.17 bits per heavy atom. The number of likely N-dealkylation sites (tertiary alicyclic amines) is 1. The van der Waals surface area contributed by atoms with Crippen LogP contribution < -0.4 is 5.32 Å². The topological polar surface area (TPSA) is 82.6 Å². The van der Waals surface area contributed by atoms with Crippen LogP contribution >= 0.6 is 0 Å². The molecule has 0 saturated carbocycles. The molecule has 1 aromatic heterocycles. The molecule has 7 heteroatoms. The van der Waals surface area contributed by atoms with Crippen LogP contribution in [0.2, 0.25) is 0 Å². The molecule has 1 unspecified atom stereocenters. The molecule has 150 valence electrons. The summed E-state index contributed by atoms with van der Waals surface area (Å²) in [5, 5.41) is 2.98. The maximum absolute atomic E-state index is 12.4. The van der Waals surface area contributed by atoms with Gasteiger partial charge in [0.15, 0.2) is 0 Å². The average molecular weight is 392 g/mol. The highest BCUT2D eigenvalue weighted by Gasteiger charge is 2.30. The fourth-order valence-electron chi connectivity index (χ4n) is 3.95. The molecular formula is C22H24N4O3. The number of pyridine rings is 1. The molecule has 3 heterocycles. The Morgan fingerprint density at radius 3 is 2.83 bits per heavy atom. The van der Waals surface area contributed by atoms with Crippen molar-refractivity contribution in [1.82, 2.24) is 20.1 Å². The SMILES string of the molecule is O=C(CN1Cc2ccccc2C1=O)NC1CCN(C(=O)CCc2cccnc2)C1. The molecule has 0 radical (unpaired) electrons. The van der Waals surface area contributed by atoms with Gasteiger partial charge in [0.25, 0.3) is 5.91 Å². The largest absolute Gasteiger partial charge is 0.350 e. The third kappa shape index (κ3) is 4.45. The minimum absolute atomic E-state index is 0.0406. The Kier molecular flexibility index (Phi) is 5.55. The molecule has 0 spiro atoms. The molecule has 3 amide bonds. The minimum Gasteiger partial charge on any atom is -0.350 e. The number of carbonyl (C=O) groups is 3. The molecule has 1 fully saturated rings. The molecular weight excluding hydrogens is 368 g/mol. The first kappa shape index (κ1) is 19.1. The van der Waals surface area contributed by atoms with Gasteiger partial charge >= 0.3 is 0 Å². The van der Waals surface area contributed by atoms with E-state index in [1.165, 1.54) is 0 Å². The maximum Gasteiger partial charge on any atom is 0.254 e. The van der Waals surface area contributed by atoms with Crippen molar-refractivity contribution in [2.45, 2.75) is 31.8 Å². The highest BCUT2D eigenvalue weighted by molar-refractivity contribution is 6.00. The summed E-state index contributed by atoms with van der Waals surface area (Å²) in [7, 11) is 0. The Morgan fingerprint density at radius 2 is 2.03 bits per heavy atom. The van der Waals surface area contributed by atoms with Gasteiger partial charge < -0.3 is 15.1 Å². The first-order chi connectivity index (χ1) is 14.1. The predicted octanol–water partition coefficient (Wildman–Crippen LogP) is 1.39. The van der Waals surface area contributed by atoms with E-state index in [-0.39, 0.29) is 30.3 Å². The van der Waals surface area contributed by atoms with Crippen LogP contribution in [0.1, 0.15) is 34.3 Å². The maximum atomic E-state index is 12.4. The Labute approximate surface area is 169 Å². The third-order valence-electron chi connectivity index (χ3n) is 5.49. The van der Waals surface area contributed by atoms with E-state index in [0.29, 0.717) is 38.0 Å². The van der Waals surface area contributed by atoms with Crippen molar-refractivity contribution in [3.05, 3.63) is 65.5 Å². The van der Waals surface area contributed by atoms with Crippen LogP contribution in [-0.2, 0) is 22.6 Å². The van der Waals surface area contributed by atoms with Crippen molar-refractivity contribution in [3.8, 4) is 0 Å². The Balaban J connectivity index is 1.22. The molecule has 2 aromatic rings. The highest BCUT2D eigenvalue weighted by atomic mass is 16.2. The van der Waals surface area contributed by atoms with Crippen molar-refractivity contribution in [3.63, 3.8) is 0 Å². The van der Waals surface area contributed by atoms with Gasteiger partial charge in [-0.05, 0) is 36.1 Å². The third-order valence-corrected chi connectivity index (χ3v) is 5.49. The second-order valence-electron chi connectivity index (χ2n) is 7.57. The second-order valence-corrected chi connectivity index (χ2v) is 7.57. The van der Waals surface area contributed by atoms with Crippen LogP contribution in [0.3, 0.4) is 0 Å². The Bertz CT molecular complexity index is 915. The van der Waals surface area contributed by atoms with Crippen LogP contribution in [-0.4, -0.2) is 58.2 Å². The lowest BCUT2D eigenvalue weighted by atomic mass is 10.1. The van der Waals surface area contributed by atoms with Gasteiger partial charge in [0.1, 0.15) is 6.54 Å². The number of hydrogen-bond acceptors (Lipinski definition) is 4. The van der Waals surface area contributed by atoms with Crippen molar-refractivity contribution in [2.24, 2.45) is 0 Å². The van der Waals surface area contributed by atoms with Gasteiger partial charge in [0.2, 0.25) is 11.8 Å². The van der Waals surface area contributed by atoms with Gasteiger partial charge in [0.05, 0.1) is 0 Å². The zero-order chi connectivity index (χ0) is 20.2. The van der Waals surface area contributed by atoms with E-state index in [0.717, 1.165) is 17.5 Å². The number of carbonyl (C=O) groups excluding carboxylic acids is 3. The average Bonchev–Trinajstić information content (AvgIpc) is 3.32. The highest BCUT2D eigenvalue weighted by Crippen LogP contribution is 2.22. The first-order valence-corrected chi connectivity index (χ1v) is 9.93. The molecule has 0 aliphatic carbocycles. The van der Waals surface area contributed by atoms with E-state index in [1.54, 1.807) is 28.3 Å². The molecule has 4 rings (SSSR count). The molecule has 0 bridgehead atoms. The van der Waals surface area contributed by atoms with E-state index < -0.39 is 0 Å². The van der Waals surface area contributed by atoms with E-state index in [2.05, 4.69) is 10.3 Å². The quantitative estimate of drug-likeness (QED) is 0.805. The minimum atomic E-state index is -0.180. The number of aryl methyl sites for hydroxylation is 1. The Hall–Kier alpha value is -3.22. The summed E-state index contributed by atoms with van der Waals surface area (Å²) in [6, 6.07) is 11.2. The van der Waals surface area contributed by atoms with E-state index in [4.69, 9.17) is 0 Å². The van der Waals surface area contributed by atoms with Crippen molar-refractivity contribution in [1.29, 1.82) is 0 Å². The fraction of sp³-hybridized carbons (Fsp3) is 0.364. The molecule has 1 atom stereocenters. The number of hydrogen-bond donors (Lipinski definition) is 1. The summed E-state index contributed by atoms with van der Waals surface area (Å²) in [6.07, 6.45) is 5.33. The van der Waals surface area contributed by atoms with Gasteiger partial charge in [-0.15, -0.1) is 0 Å². The summed E-state index contributed by atoms with van der Waals surface area (Å²) >= 11 is 0. The standard InChI is InChI=1S/C22H24N4O3/c27-20(15-26-13-17-5-1-2-6-19(17)22(26)29)24-18-9-11-25(14-18)21(28)8-7-16-4-3-10-23-12-16/h1-6,10,12,18H,7-9,11,13-15H2,(H,24,27). The smallest absolute Gasteiger partial charge is 0.254 e. The van der Waals surface area contributed by atoms with Gasteiger partial charge in [-0.25, -0.2) is 0 Å². The summed E-state index contributed by atoms with van der Waals surface area (Å²) in [5.74, 6) is -0.189. The lowest BCUT2D eigenvalue weighted by Crippen LogP contribution is -2.43. The molecule has 1 N–H and O–H groups in total. The number of fused-ring (bicyclic) bond motifs is 1. The molecule has 1 saturated heterocycles. The first-order valence-electron chi connectivity index (χ1n) is 9.93.